The highest BCUT2D eigenvalue weighted by molar-refractivity contribution is 5.98. The molecule has 0 spiro atoms. The van der Waals surface area contributed by atoms with Gasteiger partial charge in [0.15, 0.2) is 6.29 Å². The number of fused-ring (bicyclic) bond motifs is 1. The first-order valence-corrected chi connectivity index (χ1v) is 5.88. The van der Waals surface area contributed by atoms with Crippen LogP contribution in [0, 0.1) is 5.82 Å². The maximum atomic E-state index is 13.2. The molecule has 3 heteroatoms. The van der Waals surface area contributed by atoms with Crippen LogP contribution in [0.25, 0.3) is 22.0 Å². The van der Waals surface area contributed by atoms with Gasteiger partial charge < -0.3 is 0 Å². The molecule has 3 aromatic rings. The van der Waals surface area contributed by atoms with E-state index < -0.39 is 5.82 Å². The number of nitrogens with zero attached hydrogens (tertiary/aromatic N) is 1. The lowest BCUT2D eigenvalue weighted by Gasteiger charge is -2.08. The molecule has 0 N–H and O–H groups in total. The minimum absolute atomic E-state index is 0.332. The Balaban J connectivity index is 2.33. The van der Waals surface area contributed by atoms with Gasteiger partial charge in [0.25, 0.3) is 0 Å². The summed E-state index contributed by atoms with van der Waals surface area (Å²) in [7, 11) is 0. The van der Waals surface area contributed by atoms with Gasteiger partial charge in [-0.25, -0.2) is 4.39 Å². The summed E-state index contributed by atoms with van der Waals surface area (Å²) in [5.74, 6) is -0.418. The van der Waals surface area contributed by atoms with Crippen LogP contribution in [-0.4, -0.2) is 11.3 Å². The van der Waals surface area contributed by atoms with E-state index in [-0.39, 0.29) is 0 Å². The van der Waals surface area contributed by atoms with Crippen LogP contribution >= 0.6 is 0 Å². The van der Waals surface area contributed by atoms with Gasteiger partial charge in [-0.1, -0.05) is 30.3 Å². The number of hydrogen-bond donors (Lipinski definition) is 0. The number of aromatic nitrogens is 1. The number of para-hydroxylation sites is 1. The van der Waals surface area contributed by atoms with Crippen LogP contribution in [0.3, 0.4) is 0 Å². The van der Waals surface area contributed by atoms with Gasteiger partial charge in [-0.2, -0.15) is 0 Å². The van der Waals surface area contributed by atoms with Crippen molar-refractivity contribution in [3.05, 3.63) is 66.1 Å². The van der Waals surface area contributed by atoms with Gasteiger partial charge in [-0.15, -0.1) is 0 Å². The van der Waals surface area contributed by atoms with Gasteiger partial charge in [0.2, 0.25) is 0 Å². The number of pyridine rings is 1. The smallest absolute Gasteiger partial charge is 0.150 e. The van der Waals surface area contributed by atoms with Gasteiger partial charge in [-0.3, -0.25) is 9.78 Å². The second kappa shape index (κ2) is 4.61. The van der Waals surface area contributed by atoms with Crippen molar-refractivity contribution in [2.45, 2.75) is 0 Å². The second-order valence-electron chi connectivity index (χ2n) is 4.23. The molecule has 19 heavy (non-hydrogen) atoms. The Hall–Kier alpha value is -2.55. The molecule has 0 atom stereocenters. The topological polar surface area (TPSA) is 30.0 Å². The fourth-order valence-electron chi connectivity index (χ4n) is 2.20. The van der Waals surface area contributed by atoms with E-state index in [0.29, 0.717) is 17.4 Å². The molecule has 0 saturated heterocycles. The van der Waals surface area contributed by atoms with E-state index in [1.54, 1.807) is 12.3 Å². The van der Waals surface area contributed by atoms with Crippen LogP contribution in [0.4, 0.5) is 4.39 Å². The van der Waals surface area contributed by atoms with Crippen LogP contribution in [0.2, 0.25) is 0 Å². The van der Waals surface area contributed by atoms with Crippen molar-refractivity contribution in [1.82, 2.24) is 4.98 Å². The molecule has 0 unspecified atom stereocenters. The van der Waals surface area contributed by atoms with Gasteiger partial charge in [0, 0.05) is 22.7 Å². The Morgan fingerprint density at radius 1 is 1.00 bits per heavy atom. The number of carbonyl (C=O) groups is 1. The minimum atomic E-state index is -0.418. The van der Waals surface area contributed by atoms with Crippen LogP contribution in [0.15, 0.2) is 54.7 Å². The fraction of sp³-hybridized carbons (Fsp3) is 0. The number of rotatable bonds is 2. The summed E-state index contributed by atoms with van der Waals surface area (Å²) in [6.45, 7) is 0. The zero-order chi connectivity index (χ0) is 13.2. The summed E-state index contributed by atoms with van der Waals surface area (Å²) in [6.07, 6.45) is 2.37. The quantitative estimate of drug-likeness (QED) is 0.647. The zero-order valence-corrected chi connectivity index (χ0v) is 10.0. The molecule has 0 bridgehead atoms. The van der Waals surface area contributed by atoms with Gasteiger partial charge in [0.05, 0.1) is 5.52 Å². The molecule has 2 nitrogen and oxygen atoms in total. The third-order valence-electron chi connectivity index (χ3n) is 3.06. The molecule has 0 aliphatic heterocycles. The first-order chi connectivity index (χ1) is 9.29. The van der Waals surface area contributed by atoms with Gasteiger partial charge in [-0.05, 0) is 23.8 Å². The van der Waals surface area contributed by atoms with Crippen molar-refractivity contribution in [2.75, 3.05) is 0 Å². The molecule has 92 valence electrons. The third kappa shape index (κ3) is 1.99. The molecule has 0 saturated carbocycles. The van der Waals surface area contributed by atoms with E-state index in [9.17, 15) is 9.18 Å². The molecule has 0 amide bonds. The highest BCUT2D eigenvalue weighted by Crippen LogP contribution is 2.29. The van der Waals surface area contributed by atoms with Crippen LogP contribution in [-0.2, 0) is 0 Å². The molecule has 0 aliphatic carbocycles. The summed E-state index contributed by atoms with van der Waals surface area (Å²) in [5.41, 5.74) is 2.67. The van der Waals surface area contributed by atoms with Crippen molar-refractivity contribution < 1.29 is 9.18 Å². The minimum Gasteiger partial charge on any atom is -0.298 e. The Labute approximate surface area is 109 Å². The number of aldehydes is 1. The lowest BCUT2D eigenvalue weighted by atomic mass is 9.98. The van der Waals surface area contributed by atoms with Crippen molar-refractivity contribution in [3.63, 3.8) is 0 Å². The van der Waals surface area contributed by atoms with Gasteiger partial charge in [0.1, 0.15) is 5.82 Å². The molecule has 0 aliphatic rings. The van der Waals surface area contributed by atoms with Crippen molar-refractivity contribution in [3.8, 4) is 11.1 Å². The van der Waals surface area contributed by atoms with Crippen molar-refractivity contribution >= 4 is 17.2 Å². The van der Waals surface area contributed by atoms with E-state index in [0.717, 1.165) is 16.5 Å². The first-order valence-electron chi connectivity index (χ1n) is 5.88. The Morgan fingerprint density at radius 3 is 2.68 bits per heavy atom. The number of carbonyl (C=O) groups excluding carboxylic acids is 1. The summed E-state index contributed by atoms with van der Waals surface area (Å²) < 4.78 is 13.2. The van der Waals surface area contributed by atoms with E-state index in [1.807, 2.05) is 30.3 Å². The molecule has 1 heterocycles. The Bertz CT molecular complexity index is 762. The normalized spacial score (nSPS) is 10.6. The van der Waals surface area contributed by atoms with Gasteiger partial charge >= 0.3 is 0 Å². The molecule has 3 rings (SSSR count). The van der Waals surface area contributed by atoms with E-state index in [1.165, 1.54) is 12.1 Å². The van der Waals surface area contributed by atoms with E-state index in [2.05, 4.69) is 4.98 Å². The van der Waals surface area contributed by atoms with Crippen molar-refractivity contribution in [2.24, 2.45) is 0 Å². The molecular formula is C16H10FNO. The number of halogens is 1. The Morgan fingerprint density at radius 2 is 1.84 bits per heavy atom. The van der Waals surface area contributed by atoms with E-state index >= 15 is 0 Å². The third-order valence-corrected chi connectivity index (χ3v) is 3.06. The predicted octanol–water partition coefficient (Wildman–Crippen LogP) is 3.85. The van der Waals surface area contributed by atoms with Crippen LogP contribution in [0.1, 0.15) is 10.4 Å². The largest absolute Gasteiger partial charge is 0.298 e. The number of benzene rings is 2. The molecule has 1 aromatic heterocycles. The molecule has 0 fully saturated rings. The highest BCUT2D eigenvalue weighted by atomic mass is 19.1. The summed E-state index contributed by atoms with van der Waals surface area (Å²) in [5, 5.41) is 0.987. The molecular weight excluding hydrogens is 241 g/mol. The summed E-state index contributed by atoms with van der Waals surface area (Å²) in [4.78, 5) is 15.4. The van der Waals surface area contributed by atoms with Crippen LogP contribution in [0.5, 0.6) is 0 Å². The predicted molar refractivity (Wildman–Crippen MR) is 72.5 cm³/mol. The number of hydrogen-bond acceptors (Lipinski definition) is 2. The van der Waals surface area contributed by atoms with Crippen molar-refractivity contribution in [1.29, 1.82) is 0 Å². The lowest BCUT2D eigenvalue weighted by molar-refractivity contribution is 0.112. The summed E-state index contributed by atoms with van der Waals surface area (Å²) in [6, 6.07) is 13.8. The molecule has 2 aromatic carbocycles. The average molecular weight is 251 g/mol. The second-order valence-corrected chi connectivity index (χ2v) is 4.23. The Kier molecular flexibility index (Phi) is 2.80. The van der Waals surface area contributed by atoms with E-state index in [4.69, 9.17) is 0 Å². The zero-order valence-electron chi connectivity index (χ0n) is 10.0. The fourth-order valence-corrected chi connectivity index (χ4v) is 2.20. The van der Waals surface area contributed by atoms with Crippen LogP contribution < -0.4 is 0 Å². The standard InChI is InChI=1S/C16H10FNO/c17-13-6-7-14(12(9-13)10-19)15-5-1-3-11-4-2-8-18-16(11)15/h1-10H. The lowest BCUT2D eigenvalue weighted by Crippen LogP contribution is -1.91. The first kappa shape index (κ1) is 11.5. The maximum Gasteiger partial charge on any atom is 0.150 e. The maximum absolute atomic E-state index is 13.2. The highest BCUT2D eigenvalue weighted by Gasteiger charge is 2.09. The molecule has 0 radical (unpaired) electrons. The monoisotopic (exact) mass is 251 g/mol. The SMILES string of the molecule is O=Cc1cc(F)ccc1-c1cccc2cccnc12. The summed E-state index contributed by atoms with van der Waals surface area (Å²) >= 11 is 0. The average Bonchev–Trinajstić information content (AvgIpc) is 2.46.